The minimum Gasteiger partial charge on any atom is -0.398 e. The second-order valence-electron chi connectivity index (χ2n) is 4.65. The molecule has 3 rings (SSSR count). The summed E-state index contributed by atoms with van der Waals surface area (Å²) in [6, 6.07) is 7.51. The van der Waals surface area contributed by atoms with E-state index in [9.17, 15) is 4.79 Å². The maximum atomic E-state index is 12.5. The summed E-state index contributed by atoms with van der Waals surface area (Å²) in [5.41, 5.74) is 7.06. The van der Waals surface area contributed by atoms with Crippen LogP contribution in [0.15, 0.2) is 30.5 Å². The highest BCUT2D eigenvalue weighted by atomic mass is 16.2. The Balaban J connectivity index is 2.06. The van der Waals surface area contributed by atoms with E-state index in [-0.39, 0.29) is 5.91 Å². The Morgan fingerprint density at radius 1 is 1.26 bits per heavy atom. The highest BCUT2D eigenvalue weighted by Crippen LogP contribution is 2.24. The van der Waals surface area contributed by atoms with E-state index in [0.717, 1.165) is 23.9 Å². The molecule has 5 nitrogen and oxygen atoms in total. The zero-order valence-corrected chi connectivity index (χ0v) is 10.6. The quantitative estimate of drug-likeness (QED) is 0.742. The van der Waals surface area contributed by atoms with Crippen molar-refractivity contribution >= 4 is 22.4 Å². The average molecular weight is 256 g/mol. The third-order valence-corrected chi connectivity index (χ3v) is 3.43. The number of hydrogen-bond acceptors (Lipinski definition) is 4. The number of benzene rings is 1. The third kappa shape index (κ3) is 2.13. The fraction of sp³-hybridized carbons (Fsp3) is 0.286. The van der Waals surface area contributed by atoms with Gasteiger partial charge >= 0.3 is 0 Å². The number of nitrogens with zero attached hydrogens (tertiary/aromatic N) is 2. The summed E-state index contributed by atoms with van der Waals surface area (Å²) >= 11 is 0. The molecule has 1 aromatic heterocycles. The Labute approximate surface area is 111 Å². The molecule has 0 bridgehead atoms. The number of anilines is 1. The van der Waals surface area contributed by atoms with Crippen LogP contribution in [0, 0.1) is 0 Å². The van der Waals surface area contributed by atoms with Crippen molar-refractivity contribution in [3.05, 3.63) is 36.2 Å². The van der Waals surface area contributed by atoms with Gasteiger partial charge in [-0.15, -0.1) is 0 Å². The topological polar surface area (TPSA) is 71.2 Å². The minimum absolute atomic E-state index is 0.0370. The smallest absolute Gasteiger partial charge is 0.273 e. The normalized spacial score (nSPS) is 15.7. The molecule has 2 aromatic rings. The Kier molecular flexibility index (Phi) is 3.05. The van der Waals surface area contributed by atoms with Gasteiger partial charge in [-0.3, -0.25) is 9.78 Å². The molecule has 98 valence electrons. The number of hydrogen-bond donors (Lipinski definition) is 2. The van der Waals surface area contributed by atoms with Crippen molar-refractivity contribution in [1.82, 2.24) is 15.2 Å². The van der Waals surface area contributed by atoms with Crippen molar-refractivity contribution in [3.63, 3.8) is 0 Å². The van der Waals surface area contributed by atoms with Crippen LogP contribution in [0.5, 0.6) is 0 Å². The molecule has 2 heterocycles. The van der Waals surface area contributed by atoms with Crippen LogP contribution in [0.3, 0.4) is 0 Å². The molecule has 1 aliphatic rings. The number of pyridine rings is 1. The molecule has 0 saturated carbocycles. The molecule has 1 aliphatic heterocycles. The standard InChI is InChI=1S/C14H16N4O/c15-11-3-1-2-10-4-5-17-13(12(10)11)14(19)18-8-6-16-7-9-18/h1-5,16H,6-9,15H2. The van der Waals surface area contributed by atoms with Crippen LogP contribution < -0.4 is 11.1 Å². The van der Waals surface area contributed by atoms with E-state index in [2.05, 4.69) is 10.3 Å². The Morgan fingerprint density at radius 2 is 2.05 bits per heavy atom. The van der Waals surface area contributed by atoms with Crippen LogP contribution >= 0.6 is 0 Å². The van der Waals surface area contributed by atoms with Gasteiger partial charge in [0.2, 0.25) is 0 Å². The van der Waals surface area contributed by atoms with E-state index >= 15 is 0 Å². The molecule has 5 heteroatoms. The number of aromatic nitrogens is 1. The second-order valence-corrected chi connectivity index (χ2v) is 4.65. The molecule has 0 unspecified atom stereocenters. The van der Waals surface area contributed by atoms with Gasteiger partial charge in [0.1, 0.15) is 5.69 Å². The van der Waals surface area contributed by atoms with Gasteiger partial charge in [0.25, 0.3) is 5.91 Å². The number of nitrogen functional groups attached to an aromatic ring is 1. The highest BCUT2D eigenvalue weighted by molar-refractivity contribution is 6.09. The van der Waals surface area contributed by atoms with Crippen LogP contribution in [0.4, 0.5) is 5.69 Å². The van der Waals surface area contributed by atoms with E-state index in [1.165, 1.54) is 0 Å². The van der Waals surface area contributed by atoms with Crippen molar-refractivity contribution in [2.24, 2.45) is 0 Å². The molecule has 0 aliphatic carbocycles. The second kappa shape index (κ2) is 4.85. The van der Waals surface area contributed by atoms with Gasteiger partial charge in [-0.05, 0) is 17.5 Å². The van der Waals surface area contributed by atoms with Gasteiger partial charge in [0, 0.05) is 43.4 Å². The zero-order chi connectivity index (χ0) is 13.2. The predicted octanol–water partition coefficient (Wildman–Crippen LogP) is 0.862. The minimum atomic E-state index is -0.0370. The number of piperazine rings is 1. The number of amides is 1. The number of rotatable bonds is 1. The maximum absolute atomic E-state index is 12.5. The summed E-state index contributed by atoms with van der Waals surface area (Å²) in [7, 11) is 0. The van der Waals surface area contributed by atoms with Crippen LogP contribution in [0.1, 0.15) is 10.5 Å². The summed E-state index contributed by atoms with van der Waals surface area (Å²) in [5, 5.41) is 4.94. The SMILES string of the molecule is Nc1cccc2ccnc(C(=O)N3CCNCC3)c12. The van der Waals surface area contributed by atoms with E-state index in [1.54, 1.807) is 12.3 Å². The molecule has 0 spiro atoms. The lowest BCUT2D eigenvalue weighted by molar-refractivity contribution is 0.0732. The molecule has 19 heavy (non-hydrogen) atoms. The van der Waals surface area contributed by atoms with Crippen molar-refractivity contribution in [3.8, 4) is 0 Å². The number of carbonyl (C=O) groups excluding carboxylic acids is 1. The van der Waals surface area contributed by atoms with Crippen molar-refractivity contribution in [2.75, 3.05) is 31.9 Å². The van der Waals surface area contributed by atoms with Gasteiger partial charge < -0.3 is 16.0 Å². The van der Waals surface area contributed by atoms with Gasteiger partial charge in [-0.25, -0.2) is 0 Å². The fourth-order valence-corrected chi connectivity index (χ4v) is 2.44. The van der Waals surface area contributed by atoms with Crippen molar-refractivity contribution in [2.45, 2.75) is 0 Å². The lowest BCUT2D eigenvalue weighted by atomic mass is 10.1. The molecule has 1 saturated heterocycles. The van der Waals surface area contributed by atoms with Gasteiger partial charge in [-0.2, -0.15) is 0 Å². The van der Waals surface area contributed by atoms with Crippen LogP contribution in [-0.2, 0) is 0 Å². The number of carbonyl (C=O) groups is 1. The van der Waals surface area contributed by atoms with Crippen molar-refractivity contribution in [1.29, 1.82) is 0 Å². The van der Waals surface area contributed by atoms with E-state index in [0.29, 0.717) is 24.5 Å². The number of nitrogens with one attached hydrogen (secondary N) is 1. The zero-order valence-electron chi connectivity index (χ0n) is 10.6. The Hall–Kier alpha value is -2.14. The van der Waals surface area contributed by atoms with Crippen LogP contribution in [0.25, 0.3) is 10.8 Å². The lowest BCUT2D eigenvalue weighted by Gasteiger charge is -2.27. The number of fused-ring (bicyclic) bond motifs is 1. The first-order chi connectivity index (χ1) is 9.27. The summed E-state index contributed by atoms with van der Waals surface area (Å²) in [6.45, 7) is 3.07. The van der Waals surface area contributed by atoms with Gasteiger partial charge in [-0.1, -0.05) is 12.1 Å². The first kappa shape index (κ1) is 11.9. The molecular formula is C14H16N4O. The van der Waals surface area contributed by atoms with Crippen LogP contribution in [-0.4, -0.2) is 42.0 Å². The number of nitrogens with two attached hydrogens (primary N) is 1. The Morgan fingerprint density at radius 3 is 2.84 bits per heavy atom. The highest BCUT2D eigenvalue weighted by Gasteiger charge is 2.21. The third-order valence-electron chi connectivity index (χ3n) is 3.43. The maximum Gasteiger partial charge on any atom is 0.273 e. The van der Waals surface area contributed by atoms with Gasteiger partial charge in [0.15, 0.2) is 0 Å². The monoisotopic (exact) mass is 256 g/mol. The molecule has 1 amide bonds. The summed E-state index contributed by atoms with van der Waals surface area (Å²) < 4.78 is 0. The molecule has 3 N–H and O–H groups in total. The fourth-order valence-electron chi connectivity index (χ4n) is 2.44. The van der Waals surface area contributed by atoms with E-state index in [1.807, 2.05) is 23.1 Å². The summed E-state index contributed by atoms with van der Waals surface area (Å²) in [6.07, 6.45) is 1.66. The van der Waals surface area contributed by atoms with Crippen molar-refractivity contribution < 1.29 is 4.79 Å². The van der Waals surface area contributed by atoms with E-state index in [4.69, 9.17) is 5.73 Å². The molecule has 1 fully saturated rings. The van der Waals surface area contributed by atoms with Crippen LogP contribution in [0.2, 0.25) is 0 Å². The molecule has 1 aromatic carbocycles. The summed E-state index contributed by atoms with van der Waals surface area (Å²) in [5.74, 6) is -0.0370. The average Bonchev–Trinajstić information content (AvgIpc) is 2.47. The molecule has 0 radical (unpaired) electrons. The first-order valence-corrected chi connectivity index (χ1v) is 6.40. The molecular weight excluding hydrogens is 240 g/mol. The predicted molar refractivity (Wildman–Crippen MR) is 74.9 cm³/mol. The lowest BCUT2D eigenvalue weighted by Crippen LogP contribution is -2.46. The first-order valence-electron chi connectivity index (χ1n) is 6.40. The largest absolute Gasteiger partial charge is 0.398 e. The summed E-state index contributed by atoms with van der Waals surface area (Å²) in [4.78, 5) is 18.6. The Bertz CT molecular complexity index is 615. The molecule has 0 atom stereocenters. The van der Waals surface area contributed by atoms with Gasteiger partial charge in [0.05, 0.1) is 0 Å². The van der Waals surface area contributed by atoms with E-state index < -0.39 is 0 Å².